The van der Waals surface area contributed by atoms with E-state index in [0.717, 1.165) is 54.9 Å². The number of benzene rings is 3. The Hall–Kier alpha value is -6.06. The number of unbranched alkanes of at least 4 members (excludes halogenated alkanes) is 2. The predicted molar refractivity (Wildman–Crippen MR) is 218 cm³/mol. The summed E-state index contributed by atoms with van der Waals surface area (Å²) in [5.74, 6) is -1.52. The number of carboxylic acid groups (broad SMARTS) is 2. The lowest BCUT2D eigenvalue weighted by Gasteiger charge is -2.11. The Morgan fingerprint density at radius 2 is 1.24 bits per heavy atom. The van der Waals surface area contributed by atoms with E-state index >= 15 is 0 Å². The number of amides is 1. The van der Waals surface area contributed by atoms with Crippen LogP contribution in [0.3, 0.4) is 0 Å². The third-order valence-corrected chi connectivity index (χ3v) is 9.75. The van der Waals surface area contributed by atoms with Gasteiger partial charge in [0.15, 0.2) is 0 Å². The number of aromatic carboxylic acids is 1. The van der Waals surface area contributed by atoms with E-state index in [4.69, 9.17) is 33.0 Å². The maximum atomic E-state index is 12.6. The van der Waals surface area contributed by atoms with Gasteiger partial charge in [-0.1, -0.05) is 86.3 Å². The minimum atomic E-state index is -1.16. The van der Waals surface area contributed by atoms with Crippen LogP contribution >= 0.6 is 23.2 Å². The molecule has 0 fully saturated rings. The van der Waals surface area contributed by atoms with Crippen molar-refractivity contribution in [3.05, 3.63) is 139 Å². The lowest BCUT2D eigenvalue weighted by Crippen LogP contribution is -2.16. The van der Waals surface area contributed by atoms with Gasteiger partial charge < -0.3 is 29.4 Å². The van der Waals surface area contributed by atoms with Gasteiger partial charge in [0, 0.05) is 30.7 Å². The van der Waals surface area contributed by atoms with E-state index in [9.17, 15) is 34.4 Å². The number of halogens is 2. The van der Waals surface area contributed by atoms with Gasteiger partial charge in [-0.2, -0.15) is 0 Å². The first-order chi connectivity index (χ1) is 27.8. The molecule has 0 spiro atoms. The zero-order valence-electron chi connectivity index (χ0n) is 32.2. The largest absolute Gasteiger partial charge is 0.481 e. The summed E-state index contributed by atoms with van der Waals surface area (Å²) in [6.07, 6.45) is 5.03. The smallest absolute Gasteiger partial charge is 0.336 e. The molecule has 0 saturated heterocycles. The number of aliphatic carboxylic acids is 1. The number of nitrogens with one attached hydrogen (secondary N) is 1. The van der Waals surface area contributed by atoms with Gasteiger partial charge in [0.25, 0.3) is 11.6 Å². The normalized spacial score (nSPS) is 10.7. The van der Waals surface area contributed by atoms with Crippen LogP contribution in [0, 0.1) is 10.1 Å². The number of aromatic nitrogens is 4. The second kappa shape index (κ2) is 21.5. The highest BCUT2D eigenvalue weighted by atomic mass is 35.5. The maximum absolute atomic E-state index is 12.6. The molecule has 0 saturated carbocycles. The lowest BCUT2D eigenvalue weighted by molar-refractivity contribution is -0.384. The number of hydrogen-bond donors (Lipinski definition) is 3. The Balaban J connectivity index is 0.000000273. The number of ether oxygens (including phenoxy) is 1. The fourth-order valence-electron chi connectivity index (χ4n) is 5.86. The van der Waals surface area contributed by atoms with Gasteiger partial charge in [-0.25, -0.2) is 14.8 Å². The molecule has 0 aliphatic carbocycles. The third kappa shape index (κ3) is 12.2. The highest BCUT2D eigenvalue weighted by Crippen LogP contribution is 2.25. The van der Waals surface area contributed by atoms with Gasteiger partial charge in [-0.15, -0.1) is 0 Å². The summed E-state index contributed by atoms with van der Waals surface area (Å²) in [7, 11) is 1.33. The molecular weight excluding hydrogens is 791 g/mol. The first kappa shape index (κ1) is 44.7. The number of methoxy groups -OCH3 is 1. The number of hydrogen-bond acceptors (Lipinski definition) is 9. The fourth-order valence-corrected chi connectivity index (χ4v) is 6.39. The number of anilines is 1. The molecule has 1 amide bonds. The summed E-state index contributed by atoms with van der Waals surface area (Å²) < 4.78 is 8.40. The van der Waals surface area contributed by atoms with Crippen molar-refractivity contribution in [1.29, 1.82) is 0 Å². The standard InChI is InChI=1S/C25H26ClN3O5.C16H18ClN3O4/c1-3-4-9-21-28-20(14-22(30)34-2)23(26)29(21)15-16-10-12-17(13-11-16)27-24(31)18-7-5-6-8-19(18)25(32)33;1-2-3-4-14-18-13(9-15(21)22)16(17)19(14)10-11-5-7-12(8-6-11)20(23)24/h5-8,10-13H,3-4,9,14-15H2,1-2H3,(H,27,31)(H,32,33);5-8H,2-4,9-10H2,1H3,(H,21,22). The molecule has 0 radical (unpaired) electrons. The van der Waals surface area contributed by atoms with E-state index < -0.39 is 28.7 Å². The summed E-state index contributed by atoms with van der Waals surface area (Å²) in [4.78, 5) is 65.8. The average Bonchev–Trinajstić information content (AvgIpc) is 3.65. The average molecular weight is 836 g/mol. The summed E-state index contributed by atoms with van der Waals surface area (Å²) in [5, 5.41) is 32.4. The van der Waals surface area contributed by atoms with Crippen LogP contribution in [0.2, 0.25) is 10.3 Å². The molecule has 5 rings (SSSR count). The van der Waals surface area contributed by atoms with Crippen molar-refractivity contribution in [3.8, 4) is 0 Å². The fraction of sp³-hybridized carbons (Fsp3) is 0.317. The molecule has 58 heavy (non-hydrogen) atoms. The molecule has 2 aromatic heterocycles. The Labute approximate surface area is 344 Å². The number of non-ortho nitro benzene ring substituents is 1. The second-order valence-corrected chi connectivity index (χ2v) is 13.9. The quantitative estimate of drug-likeness (QED) is 0.0437. The van der Waals surface area contributed by atoms with Gasteiger partial charge >= 0.3 is 17.9 Å². The number of imidazole rings is 2. The van der Waals surface area contributed by atoms with Gasteiger partial charge in [0.05, 0.1) is 60.5 Å². The van der Waals surface area contributed by atoms with Crippen molar-refractivity contribution < 1.29 is 39.1 Å². The monoisotopic (exact) mass is 834 g/mol. The molecule has 3 aromatic carbocycles. The number of rotatable bonds is 18. The summed E-state index contributed by atoms with van der Waals surface area (Å²) in [5.41, 5.74) is 3.16. The number of nitro groups is 1. The molecule has 0 unspecified atom stereocenters. The molecule has 0 aliphatic rings. The Morgan fingerprint density at radius 3 is 1.69 bits per heavy atom. The predicted octanol–water partition coefficient (Wildman–Crippen LogP) is 8.06. The molecule has 0 bridgehead atoms. The van der Waals surface area contributed by atoms with E-state index in [0.29, 0.717) is 46.9 Å². The van der Waals surface area contributed by atoms with Gasteiger partial charge in [-0.05, 0) is 48.2 Å². The van der Waals surface area contributed by atoms with Crippen LogP contribution in [0.5, 0.6) is 0 Å². The third-order valence-electron chi connectivity index (χ3n) is 8.91. The molecule has 5 aromatic rings. The van der Waals surface area contributed by atoms with Crippen molar-refractivity contribution in [2.45, 2.75) is 78.3 Å². The maximum Gasteiger partial charge on any atom is 0.336 e. The molecule has 0 aliphatic heterocycles. The number of carbonyl (C=O) groups is 4. The van der Waals surface area contributed by atoms with Crippen molar-refractivity contribution >= 4 is 58.4 Å². The molecular formula is C41H44Cl2N6O9. The lowest BCUT2D eigenvalue weighted by atomic mass is 10.1. The van der Waals surface area contributed by atoms with Crippen molar-refractivity contribution in [3.63, 3.8) is 0 Å². The molecule has 17 heteroatoms. The molecule has 306 valence electrons. The SMILES string of the molecule is CCCCc1nc(CC(=O)O)c(Cl)n1Cc1ccc([N+](=O)[O-])cc1.CCCCc1nc(CC(=O)OC)c(Cl)n1Cc1ccc(NC(=O)c2ccccc2C(=O)O)cc1. The van der Waals surface area contributed by atoms with Crippen LogP contribution in [0.4, 0.5) is 11.4 Å². The first-order valence-electron chi connectivity index (χ1n) is 18.5. The Morgan fingerprint density at radius 1 is 0.759 bits per heavy atom. The van der Waals surface area contributed by atoms with Gasteiger partial charge in [0.1, 0.15) is 22.0 Å². The first-order valence-corrected chi connectivity index (χ1v) is 19.2. The number of carbonyl (C=O) groups excluding carboxylic acids is 2. The van der Waals surface area contributed by atoms with Crippen molar-refractivity contribution in [2.75, 3.05) is 12.4 Å². The summed E-state index contributed by atoms with van der Waals surface area (Å²) >= 11 is 12.9. The molecule has 3 N–H and O–H groups in total. The van der Waals surface area contributed by atoms with Crippen molar-refractivity contribution in [2.24, 2.45) is 0 Å². The summed E-state index contributed by atoms with van der Waals surface area (Å²) in [6.45, 7) is 4.99. The van der Waals surface area contributed by atoms with Crippen LogP contribution in [0.15, 0.2) is 72.8 Å². The molecule has 2 heterocycles. The number of nitrogens with zero attached hydrogens (tertiary/aromatic N) is 5. The van der Waals surface area contributed by atoms with E-state index in [1.807, 2.05) is 16.7 Å². The molecule has 0 atom stereocenters. The zero-order valence-corrected chi connectivity index (χ0v) is 33.8. The topological polar surface area (TPSA) is 209 Å². The van der Waals surface area contributed by atoms with Crippen LogP contribution < -0.4 is 5.32 Å². The van der Waals surface area contributed by atoms with Crippen LogP contribution in [-0.4, -0.2) is 65.2 Å². The van der Waals surface area contributed by atoms with E-state index in [2.05, 4.69) is 29.1 Å². The number of aryl methyl sites for hydroxylation is 2. The van der Waals surface area contributed by atoms with Gasteiger partial charge in [0.2, 0.25) is 0 Å². The zero-order chi connectivity index (χ0) is 42.4. The van der Waals surface area contributed by atoms with E-state index in [-0.39, 0.29) is 29.7 Å². The summed E-state index contributed by atoms with van der Waals surface area (Å²) in [6, 6.07) is 19.4. The Kier molecular flexibility index (Phi) is 16.5. The minimum Gasteiger partial charge on any atom is -0.481 e. The van der Waals surface area contributed by atoms with E-state index in [1.165, 1.54) is 31.4 Å². The Bertz CT molecular complexity index is 2240. The number of nitro benzene ring substituents is 1. The van der Waals surface area contributed by atoms with Crippen LogP contribution in [0.25, 0.3) is 0 Å². The van der Waals surface area contributed by atoms with E-state index in [1.54, 1.807) is 41.0 Å². The minimum absolute atomic E-state index is 0.00421. The van der Waals surface area contributed by atoms with Crippen molar-refractivity contribution in [1.82, 2.24) is 19.1 Å². The number of esters is 1. The van der Waals surface area contributed by atoms with Gasteiger partial charge in [-0.3, -0.25) is 24.5 Å². The number of carboxylic acids is 2. The van der Waals surface area contributed by atoms with Crippen LogP contribution in [0.1, 0.15) is 94.4 Å². The second-order valence-electron chi connectivity index (χ2n) is 13.2. The highest BCUT2D eigenvalue weighted by molar-refractivity contribution is 6.30. The molecule has 15 nitrogen and oxygen atoms in total. The highest BCUT2D eigenvalue weighted by Gasteiger charge is 2.20. The van der Waals surface area contributed by atoms with Crippen LogP contribution in [-0.2, 0) is 53.1 Å².